The Morgan fingerprint density at radius 3 is 2.78 bits per heavy atom. The maximum Gasteiger partial charge on any atom is 0.250 e. The number of benzene rings is 1. The van der Waals surface area contributed by atoms with E-state index in [0.29, 0.717) is 30.3 Å². The second kappa shape index (κ2) is 7.65. The number of hydrogen-bond donors (Lipinski definition) is 1. The SMILES string of the molecule is COc1ccc(CCNC(=O)C2(C)CC(=O)N=C3C=CC=CN32)cc1OC. The molecule has 1 atom stereocenters. The van der Waals surface area contributed by atoms with Gasteiger partial charge in [-0.3, -0.25) is 9.59 Å². The zero-order valence-corrected chi connectivity index (χ0v) is 15.7. The van der Waals surface area contributed by atoms with E-state index >= 15 is 0 Å². The Bertz CT molecular complexity index is 844. The van der Waals surface area contributed by atoms with E-state index in [2.05, 4.69) is 10.3 Å². The van der Waals surface area contributed by atoms with Gasteiger partial charge < -0.3 is 19.7 Å². The van der Waals surface area contributed by atoms with Crippen LogP contribution in [0.2, 0.25) is 0 Å². The van der Waals surface area contributed by atoms with Crippen molar-refractivity contribution in [1.29, 1.82) is 0 Å². The number of carbonyl (C=O) groups is 2. The maximum atomic E-state index is 12.9. The number of allylic oxidation sites excluding steroid dienone is 2. The van der Waals surface area contributed by atoms with E-state index in [1.54, 1.807) is 44.4 Å². The normalized spacial score (nSPS) is 20.8. The van der Waals surface area contributed by atoms with Gasteiger partial charge in [-0.05, 0) is 43.2 Å². The van der Waals surface area contributed by atoms with Crippen LogP contribution in [0.4, 0.5) is 0 Å². The number of ether oxygens (including phenoxy) is 2. The van der Waals surface area contributed by atoms with Crippen LogP contribution in [0.25, 0.3) is 0 Å². The Kier molecular flexibility index (Phi) is 5.30. The second-order valence-electron chi connectivity index (χ2n) is 6.58. The third-order valence-electron chi connectivity index (χ3n) is 4.74. The van der Waals surface area contributed by atoms with E-state index < -0.39 is 5.54 Å². The highest BCUT2D eigenvalue weighted by Gasteiger charge is 2.44. The quantitative estimate of drug-likeness (QED) is 0.828. The highest BCUT2D eigenvalue weighted by molar-refractivity contribution is 6.09. The smallest absolute Gasteiger partial charge is 0.250 e. The van der Waals surface area contributed by atoms with Crippen molar-refractivity contribution < 1.29 is 19.1 Å². The fraction of sp³-hybridized carbons (Fsp3) is 0.350. The first-order valence-corrected chi connectivity index (χ1v) is 8.73. The molecule has 27 heavy (non-hydrogen) atoms. The molecule has 0 aliphatic carbocycles. The van der Waals surface area contributed by atoms with Crippen molar-refractivity contribution in [1.82, 2.24) is 10.2 Å². The van der Waals surface area contributed by atoms with Crippen molar-refractivity contribution in [3.05, 3.63) is 48.2 Å². The van der Waals surface area contributed by atoms with Gasteiger partial charge in [0.05, 0.1) is 20.6 Å². The van der Waals surface area contributed by atoms with E-state index in [4.69, 9.17) is 9.47 Å². The molecule has 1 N–H and O–H groups in total. The summed E-state index contributed by atoms with van der Waals surface area (Å²) >= 11 is 0. The fourth-order valence-corrected chi connectivity index (χ4v) is 3.23. The molecule has 2 aliphatic heterocycles. The Morgan fingerprint density at radius 1 is 1.26 bits per heavy atom. The van der Waals surface area contributed by atoms with Crippen molar-refractivity contribution in [3.63, 3.8) is 0 Å². The number of nitrogens with one attached hydrogen (secondary N) is 1. The predicted molar refractivity (Wildman–Crippen MR) is 102 cm³/mol. The van der Waals surface area contributed by atoms with Crippen molar-refractivity contribution in [2.24, 2.45) is 4.99 Å². The van der Waals surface area contributed by atoms with Gasteiger partial charge >= 0.3 is 0 Å². The summed E-state index contributed by atoms with van der Waals surface area (Å²) in [6.45, 7) is 2.20. The molecule has 0 spiro atoms. The summed E-state index contributed by atoms with van der Waals surface area (Å²) in [6.07, 6.45) is 7.79. The third-order valence-corrected chi connectivity index (χ3v) is 4.74. The molecule has 0 saturated carbocycles. The minimum atomic E-state index is -0.993. The lowest BCUT2D eigenvalue weighted by Crippen LogP contribution is -2.60. The minimum Gasteiger partial charge on any atom is -0.493 e. The molecule has 0 saturated heterocycles. The average molecular weight is 369 g/mol. The van der Waals surface area contributed by atoms with Gasteiger partial charge in [0.1, 0.15) is 11.4 Å². The third kappa shape index (κ3) is 3.72. The Labute approximate surface area is 158 Å². The summed E-state index contributed by atoms with van der Waals surface area (Å²) in [5, 5.41) is 2.94. The molecular weight excluding hydrogens is 346 g/mol. The van der Waals surface area contributed by atoms with Crippen molar-refractivity contribution in [2.45, 2.75) is 25.3 Å². The van der Waals surface area contributed by atoms with Crippen LogP contribution in [0.1, 0.15) is 18.9 Å². The molecule has 1 unspecified atom stereocenters. The number of amidine groups is 1. The van der Waals surface area contributed by atoms with E-state index in [9.17, 15) is 9.59 Å². The number of amides is 2. The maximum absolute atomic E-state index is 12.9. The number of carbonyl (C=O) groups excluding carboxylic acids is 2. The summed E-state index contributed by atoms with van der Waals surface area (Å²) in [4.78, 5) is 30.6. The van der Waals surface area contributed by atoms with Gasteiger partial charge in [-0.15, -0.1) is 0 Å². The largest absolute Gasteiger partial charge is 0.493 e. The molecule has 2 aliphatic rings. The Balaban J connectivity index is 1.65. The summed E-state index contributed by atoms with van der Waals surface area (Å²) in [5.41, 5.74) is 0.0217. The summed E-state index contributed by atoms with van der Waals surface area (Å²) in [5.74, 6) is 1.31. The lowest BCUT2D eigenvalue weighted by atomic mass is 9.91. The first-order chi connectivity index (χ1) is 13.0. The minimum absolute atomic E-state index is 0.0386. The first-order valence-electron chi connectivity index (χ1n) is 8.73. The summed E-state index contributed by atoms with van der Waals surface area (Å²) in [7, 11) is 3.18. The lowest BCUT2D eigenvalue weighted by Gasteiger charge is -2.41. The Hall–Kier alpha value is -3.09. The molecule has 142 valence electrons. The molecule has 1 aromatic carbocycles. The van der Waals surface area contributed by atoms with Gasteiger partial charge in [0.15, 0.2) is 11.5 Å². The number of nitrogens with zero attached hydrogens (tertiary/aromatic N) is 2. The van der Waals surface area contributed by atoms with Crippen LogP contribution >= 0.6 is 0 Å². The van der Waals surface area contributed by atoms with Crippen molar-refractivity contribution in [3.8, 4) is 11.5 Å². The number of rotatable bonds is 6. The zero-order valence-electron chi connectivity index (χ0n) is 15.7. The molecule has 2 heterocycles. The van der Waals surface area contributed by atoms with Crippen LogP contribution in [0.15, 0.2) is 47.6 Å². The van der Waals surface area contributed by atoms with Gasteiger partial charge in [-0.1, -0.05) is 12.1 Å². The van der Waals surface area contributed by atoms with Crippen molar-refractivity contribution >= 4 is 17.6 Å². The highest BCUT2D eigenvalue weighted by Crippen LogP contribution is 2.29. The Morgan fingerprint density at radius 2 is 2.04 bits per heavy atom. The summed E-state index contributed by atoms with van der Waals surface area (Å²) in [6, 6.07) is 5.66. The number of fused-ring (bicyclic) bond motifs is 1. The lowest BCUT2D eigenvalue weighted by molar-refractivity contribution is -0.134. The molecule has 0 radical (unpaired) electrons. The standard InChI is InChI=1S/C20H23N3O4/c1-20(13-18(24)22-17-6-4-5-11-23(17)20)19(25)21-10-9-14-7-8-15(26-2)16(12-14)27-3/h4-8,11-12H,9-10,13H2,1-3H3,(H,21,25). The molecule has 0 bridgehead atoms. The van der Waals surface area contributed by atoms with E-state index in [1.807, 2.05) is 24.3 Å². The molecule has 2 amide bonds. The molecule has 7 nitrogen and oxygen atoms in total. The van der Waals surface area contributed by atoms with Gasteiger partial charge in [0.2, 0.25) is 5.91 Å². The van der Waals surface area contributed by atoms with E-state index in [1.165, 1.54) is 0 Å². The molecule has 0 fully saturated rings. The van der Waals surface area contributed by atoms with Gasteiger partial charge in [-0.25, -0.2) is 0 Å². The van der Waals surface area contributed by atoms with E-state index in [-0.39, 0.29) is 18.2 Å². The number of methoxy groups -OCH3 is 2. The van der Waals surface area contributed by atoms with Crippen LogP contribution in [0.5, 0.6) is 11.5 Å². The van der Waals surface area contributed by atoms with Crippen LogP contribution < -0.4 is 14.8 Å². The van der Waals surface area contributed by atoms with Crippen LogP contribution in [0, 0.1) is 0 Å². The molecule has 3 rings (SSSR count). The van der Waals surface area contributed by atoms with Crippen LogP contribution in [-0.4, -0.2) is 48.9 Å². The monoisotopic (exact) mass is 369 g/mol. The van der Waals surface area contributed by atoms with Crippen LogP contribution in [-0.2, 0) is 16.0 Å². The topological polar surface area (TPSA) is 80.2 Å². The number of aliphatic imine (C=N–C) groups is 1. The van der Waals surface area contributed by atoms with Gasteiger partial charge in [0.25, 0.3) is 5.91 Å². The second-order valence-corrected chi connectivity index (χ2v) is 6.58. The highest BCUT2D eigenvalue weighted by atomic mass is 16.5. The molecule has 1 aromatic rings. The predicted octanol–water partition coefficient (Wildman–Crippen LogP) is 1.84. The fourth-order valence-electron chi connectivity index (χ4n) is 3.23. The first kappa shape index (κ1) is 18.7. The molecule has 7 heteroatoms. The molecular formula is C20H23N3O4. The zero-order chi connectivity index (χ0) is 19.4. The summed E-state index contributed by atoms with van der Waals surface area (Å²) < 4.78 is 10.5. The molecule has 0 aromatic heterocycles. The van der Waals surface area contributed by atoms with Crippen LogP contribution in [0.3, 0.4) is 0 Å². The number of hydrogen-bond acceptors (Lipinski definition) is 5. The van der Waals surface area contributed by atoms with Gasteiger partial charge in [-0.2, -0.15) is 4.99 Å². The van der Waals surface area contributed by atoms with E-state index in [0.717, 1.165) is 5.56 Å². The van der Waals surface area contributed by atoms with Crippen molar-refractivity contribution in [2.75, 3.05) is 20.8 Å². The average Bonchev–Trinajstić information content (AvgIpc) is 2.67. The van der Waals surface area contributed by atoms with Gasteiger partial charge in [0, 0.05) is 12.7 Å².